The molecule has 1 rings (SSSR count). The molecule has 0 aliphatic carbocycles. The Morgan fingerprint density at radius 3 is 2.78 bits per heavy atom. The summed E-state index contributed by atoms with van der Waals surface area (Å²) in [6.45, 7) is 6.30. The molecule has 0 aliphatic heterocycles. The first-order chi connectivity index (χ1) is 8.45. The third kappa shape index (κ3) is 4.14. The Kier molecular flexibility index (Phi) is 5.88. The lowest BCUT2D eigenvalue weighted by Crippen LogP contribution is -2.37. The van der Waals surface area contributed by atoms with Crippen molar-refractivity contribution in [2.45, 2.75) is 26.8 Å². The predicted octanol–water partition coefficient (Wildman–Crippen LogP) is 3.28. The molecule has 0 amide bonds. The minimum Gasteiger partial charge on any atom is -0.465 e. The SMILES string of the molecule is CCOC(=O)CN(c1ncc(Cl)cc1Br)C(C)C. The van der Waals surface area contributed by atoms with Gasteiger partial charge in [-0.2, -0.15) is 0 Å². The summed E-state index contributed by atoms with van der Waals surface area (Å²) < 4.78 is 5.72. The maximum Gasteiger partial charge on any atom is 0.325 e. The molecule has 1 aromatic rings. The zero-order valence-electron chi connectivity index (χ0n) is 10.6. The van der Waals surface area contributed by atoms with Crippen LogP contribution < -0.4 is 4.90 Å². The zero-order valence-corrected chi connectivity index (χ0v) is 13.0. The number of hydrogen-bond donors (Lipinski definition) is 0. The summed E-state index contributed by atoms with van der Waals surface area (Å²) in [5.41, 5.74) is 0. The van der Waals surface area contributed by atoms with Crippen LogP contribution >= 0.6 is 27.5 Å². The van der Waals surface area contributed by atoms with E-state index >= 15 is 0 Å². The van der Waals surface area contributed by atoms with Crippen LogP contribution in [0, 0.1) is 0 Å². The number of hydrogen-bond acceptors (Lipinski definition) is 4. The zero-order chi connectivity index (χ0) is 13.7. The van der Waals surface area contributed by atoms with E-state index in [0.717, 1.165) is 4.47 Å². The van der Waals surface area contributed by atoms with Crippen LogP contribution in [0.25, 0.3) is 0 Å². The van der Waals surface area contributed by atoms with E-state index in [0.29, 0.717) is 17.4 Å². The summed E-state index contributed by atoms with van der Waals surface area (Å²) in [6.07, 6.45) is 1.56. The maximum atomic E-state index is 11.6. The van der Waals surface area contributed by atoms with E-state index < -0.39 is 0 Å². The summed E-state index contributed by atoms with van der Waals surface area (Å²) in [6, 6.07) is 1.88. The van der Waals surface area contributed by atoms with Crippen molar-refractivity contribution in [2.75, 3.05) is 18.1 Å². The number of nitrogens with zero attached hydrogens (tertiary/aromatic N) is 2. The van der Waals surface area contributed by atoms with Crippen LogP contribution in [0.2, 0.25) is 5.02 Å². The Balaban J connectivity index is 2.94. The van der Waals surface area contributed by atoms with Gasteiger partial charge in [0.15, 0.2) is 0 Å². The van der Waals surface area contributed by atoms with Crippen molar-refractivity contribution in [1.29, 1.82) is 0 Å². The van der Waals surface area contributed by atoms with Gasteiger partial charge in [-0.15, -0.1) is 0 Å². The molecule has 100 valence electrons. The summed E-state index contributed by atoms with van der Waals surface area (Å²) in [7, 11) is 0. The van der Waals surface area contributed by atoms with Crippen molar-refractivity contribution in [3.05, 3.63) is 21.8 Å². The molecule has 0 unspecified atom stereocenters. The van der Waals surface area contributed by atoms with Gasteiger partial charge in [0, 0.05) is 12.2 Å². The Morgan fingerprint density at radius 2 is 2.28 bits per heavy atom. The molecule has 0 spiro atoms. The monoisotopic (exact) mass is 334 g/mol. The Bertz CT molecular complexity index is 427. The van der Waals surface area contributed by atoms with E-state index in [-0.39, 0.29) is 18.6 Å². The summed E-state index contributed by atoms with van der Waals surface area (Å²) in [5, 5.41) is 0.547. The molecule has 0 saturated carbocycles. The Morgan fingerprint density at radius 1 is 1.61 bits per heavy atom. The van der Waals surface area contributed by atoms with Gasteiger partial charge in [-0.1, -0.05) is 11.6 Å². The van der Waals surface area contributed by atoms with Crippen molar-refractivity contribution >= 4 is 39.3 Å². The Hall–Kier alpha value is -0.810. The standard InChI is InChI=1S/C12H16BrClN2O2/c1-4-18-11(17)7-16(8(2)3)12-10(13)5-9(14)6-15-12/h5-6,8H,4,7H2,1-3H3. The molecule has 6 heteroatoms. The first kappa shape index (κ1) is 15.2. The van der Waals surface area contributed by atoms with E-state index in [1.54, 1.807) is 19.2 Å². The minimum atomic E-state index is -0.269. The highest BCUT2D eigenvalue weighted by atomic mass is 79.9. The summed E-state index contributed by atoms with van der Waals surface area (Å²) in [5.74, 6) is 0.414. The van der Waals surface area contributed by atoms with E-state index in [9.17, 15) is 4.79 Å². The van der Waals surface area contributed by atoms with Crippen LogP contribution in [0.3, 0.4) is 0 Å². The van der Waals surface area contributed by atoms with E-state index in [1.807, 2.05) is 18.7 Å². The van der Waals surface area contributed by atoms with Crippen molar-refractivity contribution in [2.24, 2.45) is 0 Å². The molecular formula is C12H16BrClN2O2. The minimum absolute atomic E-state index is 0.124. The number of pyridine rings is 1. The molecule has 18 heavy (non-hydrogen) atoms. The van der Waals surface area contributed by atoms with Gasteiger partial charge >= 0.3 is 5.97 Å². The van der Waals surface area contributed by atoms with Gasteiger partial charge in [-0.3, -0.25) is 4.79 Å². The van der Waals surface area contributed by atoms with E-state index in [1.165, 1.54) is 0 Å². The van der Waals surface area contributed by atoms with Gasteiger partial charge in [-0.05, 0) is 42.8 Å². The lowest BCUT2D eigenvalue weighted by atomic mass is 10.3. The first-order valence-electron chi connectivity index (χ1n) is 5.69. The number of anilines is 1. The van der Waals surface area contributed by atoms with E-state index in [2.05, 4.69) is 20.9 Å². The molecule has 0 fully saturated rings. The molecule has 1 heterocycles. The van der Waals surface area contributed by atoms with Gasteiger partial charge < -0.3 is 9.64 Å². The van der Waals surface area contributed by atoms with Crippen molar-refractivity contribution in [3.63, 3.8) is 0 Å². The lowest BCUT2D eigenvalue weighted by molar-refractivity contribution is -0.141. The number of halogens is 2. The van der Waals surface area contributed by atoms with E-state index in [4.69, 9.17) is 16.3 Å². The lowest BCUT2D eigenvalue weighted by Gasteiger charge is -2.27. The second-order valence-electron chi connectivity index (χ2n) is 3.99. The van der Waals surface area contributed by atoms with Crippen LogP contribution in [0.5, 0.6) is 0 Å². The Labute approximate surface area is 120 Å². The van der Waals surface area contributed by atoms with Gasteiger partial charge in [0.05, 0.1) is 16.1 Å². The van der Waals surface area contributed by atoms with Crippen LogP contribution in [0.1, 0.15) is 20.8 Å². The molecule has 1 aromatic heterocycles. The quantitative estimate of drug-likeness (QED) is 0.775. The second-order valence-corrected chi connectivity index (χ2v) is 5.28. The summed E-state index contributed by atoms with van der Waals surface area (Å²) in [4.78, 5) is 17.7. The van der Waals surface area contributed by atoms with Crippen molar-refractivity contribution in [3.8, 4) is 0 Å². The largest absolute Gasteiger partial charge is 0.465 e. The number of carbonyl (C=O) groups excluding carboxylic acids is 1. The predicted molar refractivity (Wildman–Crippen MR) is 76.1 cm³/mol. The fourth-order valence-electron chi connectivity index (χ4n) is 1.47. The van der Waals surface area contributed by atoms with Crippen LogP contribution in [0.4, 0.5) is 5.82 Å². The average molecular weight is 336 g/mol. The fraction of sp³-hybridized carbons (Fsp3) is 0.500. The van der Waals surface area contributed by atoms with Crippen molar-refractivity contribution < 1.29 is 9.53 Å². The molecule has 0 aromatic carbocycles. The number of esters is 1. The molecule has 0 atom stereocenters. The van der Waals surface area contributed by atoms with Crippen LogP contribution in [-0.4, -0.2) is 30.1 Å². The topological polar surface area (TPSA) is 42.4 Å². The van der Waals surface area contributed by atoms with Crippen LogP contribution in [-0.2, 0) is 9.53 Å². The molecule has 0 saturated heterocycles. The number of carbonyl (C=O) groups is 1. The first-order valence-corrected chi connectivity index (χ1v) is 6.86. The van der Waals surface area contributed by atoms with Gasteiger partial charge in [0.1, 0.15) is 12.4 Å². The average Bonchev–Trinajstić information content (AvgIpc) is 2.27. The number of rotatable bonds is 5. The molecule has 0 radical (unpaired) electrons. The number of ether oxygens (including phenoxy) is 1. The second kappa shape index (κ2) is 6.95. The number of aromatic nitrogens is 1. The van der Waals surface area contributed by atoms with Gasteiger partial charge in [0.2, 0.25) is 0 Å². The highest BCUT2D eigenvalue weighted by Gasteiger charge is 2.19. The highest BCUT2D eigenvalue weighted by molar-refractivity contribution is 9.10. The third-order valence-electron chi connectivity index (χ3n) is 2.29. The summed E-state index contributed by atoms with van der Waals surface area (Å²) >= 11 is 9.26. The van der Waals surface area contributed by atoms with Crippen molar-refractivity contribution in [1.82, 2.24) is 4.98 Å². The molecule has 0 aliphatic rings. The fourth-order valence-corrected chi connectivity index (χ4v) is 2.33. The van der Waals surface area contributed by atoms with Crippen LogP contribution in [0.15, 0.2) is 16.7 Å². The maximum absolute atomic E-state index is 11.6. The molecular weight excluding hydrogens is 320 g/mol. The highest BCUT2D eigenvalue weighted by Crippen LogP contribution is 2.27. The van der Waals surface area contributed by atoms with Gasteiger partial charge in [0.25, 0.3) is 0 Å². The van der Waals surface area contributed by atoms with Gasteiger partial charge in [-0.25, -0.2) is 4.98 Å². The smallest absolute Gasteiger partial charge is 0.325 e. The normalized spacial score (nSPS) is 10.6. The molecule has 0 bridgehead atoms. The molecule has 4 nitrogen and oxygen atoms in total. The third-order valence-corrected chi connectivity index (χ3v) is 3.08. The molecule has 0 N–H and O–H groups in total.